The summed E-state index contributed by atoms with van der Waals surface area (Å²) in [5.41, 5.74) is 0.0883. The van der Waals surface area contributed by atoms with E-state index in [4.69, 9.17) is 0 Å². The van der Waals surface area contributed by atoms with Gasteiger partial charge in [-0.25, -0.2) is 0 Å². The van der Waals surface area contributed by atoms with Gasteiger partial charge in [0, 0.05) is 31.6 Å². The highest BCUT2D eigenvalue weighted by Crippen LogP contribution is 2.30. The molecule has 0 amide bonds. The van der Waals surface area contributed by atoms with Crippen molar-refractivity contribution < 1.29 is 4.79 Å². The monoisotopic (exact) mass is 210 g/mol. The number of piperidine rings is 1. The first-order chi connectivity index (χ1) is 6.94. The molecule has 2 aliphatic heterocycles. The van der Waals surface area contributed by atoms with Crippen molar-refractivity contribution in [3.05, 3.63) is 0 Å². The number of ketones is 1. The van der Waals surface area contributed by atoms with Gasteiger partial charge in [-0.3, -0.25) is 9.69 Å². The van der Waals surface area contributed by atoms with Gasteiger partial charge in [-0.05, 0) is 33.6 Å². The lowest BCUT2D eigenvalue weighted by Crippen LogP contribution is -2.57. The van der Waals surface area contributed by atoms with Crippen molar-refractivity contribution in [2.45, 2.75) is 51.1 Å². The predicted molar refractivity (Wildman–Crippen MR) is 60.9 cm³/mol. The Bertz CT molecular complexity index is 259. The Hall–Kier alpha value is -0.410. The molecule has 15 heavy (non-hydrogen) atoms. The maximum absolute atomic E-state index is 11.8. The van der Waals surface area contributed by atoms with Gasteiger partial charge in [-0.15, -0.1) is 0 Å². The number of nitrogens with zero attached hydrogens (tertiary/aromatic N) is 1. The zero-order valence-electron chi connectivity index (χ0n) is 10.1. The second-order valence-electron chi connectivity index (χ2n) is 5.84. The molecular weight excluding hydrogens is 188 g/mol. The Morgan fingerprint density at radius 2 is 1.87 bits per heavy atom. The Morgan fingerprint density at radius 1 is 1.27 bits per heavy atom. The summed E-state index contributed by atoms with van der Waals surface area (Å²) in [7, 11) is 0. The molecule has 0 radical (unpaired) electrons. The molecule has 2 fully saturated rings. The van der Waals surface area contributed by atoms with Gasteiger partial charge >= 0.3 is 0 Å². The number of Topliss-reactive ketones (excluding diaryl/α,β-unsaturated/α-hetero) is 1. The van der Waals surface area contributed by atoms with Gasteiger partial charge in [0.05, 0.1) is 5.54 Å². The van der Waals surface area contributed by atoms with Gasteiger partial charge in [0.2, 0.25) is 0 Å². The number of hydrogen-bond acceptors (Lipinski definition) is 3. The van der Waals surface area contributed by atoms with E-state index in [1.54, 1.807) is 0 Å². The van der Waals surface area contributed by atoms with Crippen LogP contribution in [0.4, 0.5) is 0 Å². The number of likely N-dealkylation sites (tertiary alicyclic amines) is 1. The molecular formula is C12H22N2O. The van der Waals surface area contributed by atoms with Crippen LogP contribution < -0.4 is 5.32 Å². The number of carbonyl (C=O) groups excluding carboxylic acids is 1. The number of carbonyl (C=O) groups is 1. The molecule has 0 aliphatic carbocycles. The van der Waals surface area contributed by atoms with Crippen molar-refractivity contribution in [3.8, 4) is 0 Å². The molecule has 0 atom stereocenters. The van der Waals surface area contributed by atoms with Crippen LogP contribution >= 0.6 is 0 Å². The molecule has 1 spiro atoms. The van der Waals surface area contributed by atoms with Gasteiger partial charge in [-0.1, -0.05) is 0 Å². The Kier molecular flexibility index (Phi) is 2.63. The molecule has 0 bridgehead atoms. The average molecular weight is 210 g/mol. The summed E-state index contributed by atoms with van der Waals surface area (Å²) in [6.45, 7) is 9.71. The lowest BCUT2D eigenvalue weighted by atomic mass is 9.83. The summed E-state index contributed by atoms with van der Waals surface area (Å²) in [5, 5.41) is 3.42. The van der Waals surface area contributed by atoms with E-state index in [1.165, 1.54) is 0 Å². The third-order valence-electron chi connectivity index (χ3n) is 3.91. The standard InChI is InChI=1S/C12H22N2O/c1-11(2,3)14-8-5-12(6-9-14)10(15)4-7-13-12/h13H,4-9H2,1-3H3. The first-order valence-electron chi connectivity index (χ1n) is 5.97. The minimum atomic E-state index is -0.151. The van der Waals surface area contributed by atoms with Crippen LogP contribution in [-0.4, -0.2) is 41.4 Å². The maximum atomic E-state index is 11.8. The molecule has 0 unspecified atom stereocenters. The highest BCUT2D eigenvalue weighted by Gasteiger charge is 2.44. The van der Waals surface area contributed by atoms with E-state index in [2.05, 4.69) is 31.0 Å². The fourth-order valence-corrected chi connectivity index (χ4v) is 2.77. The van der Waals surface area contributed by atoms with Crippen LogP contribution in [0, 0.1) is 0 Å². The van der Waals surface area contributed by atoms with Gasteiger partial charge in [0.15, 0.2) is 5.78 Å². The van der Waals surface area contributed by atoms with Gasteiger partial charge < -0.3 is 5.32 Å². The van der Waals surface area contributed by atoms with Crippen molar-refractivity contribution in [1.82, 2.24) is 10.2 Å². The molecule has 2 aliphatic rings. The minimum Gasteiger partial charge on any atom is -0.304 e. The van der Waals surface area contributed by atoms with Gasteiger partial charge in [0.25, 0.3) is 0 Å². The van der Waals surface area contributed by atoms with Crippen LogP contribution in [0.3, 0.4) is 0 Å². The lowest BCUT2D eigenvalue weighted by Gasteiger charge is -2.44. The van der Waals surface area contributed by atoms with Crippen LogP contribution in [-0.2, 0) is 4.79 Å². The van der Waals surface area contributed by atoms with E-state index in [9.17, 15) is 4.79 Å². The molecule has 3 nitrogen and oxygen atoms in total. The van der Waals surface area contributed by atoms with Crippen LogP contribution in [0.2, 0.25) is 0 Å². The summed E-state index contributed by atoms with van der Waals surface area (Å²) in [5.74, 6) is 0.441. The topological polar surface area (TPSA) is 32.3 Å². The third kappa shape index (κ3) is 1.95. The van der Waals surface area contributed by atoms with Crippen LogP contribution in [0.5, 0.6) is 0 Å². The zero-order valence-corrected chi connectivity index (χ0v) is 10.1. The van der Waals surface area contributed by atoms with Crippen LogP contribution in [0.25, 0.3) is 0 Å². The van der Waals surface area contributed by atoms with Crippen molar-refractivity contribution in [2.24, 2.45) is 0 Å². The second kappa shape index (κ2) is 3.56. The molecule has 3 heteroatoms. The van der Waals surface area contributed by atoms with E-state index in [0.29, 0.717) is 5.78 Å². The van der Waals surface area contributed by atoms with Crippen LogP contribution in [0.1, 0.15) is 40.0 Å². The van der Waals surface area contributed by atoms with Gasteiger partial charge in [-0.2, -0.15) is 0 Å². The van der Waals surface area contributed by atoms with E-state index in [-0.39, 0.29) is 11.1 Å². The van der Waals surface area contributed by atoms with Crippen molar-refractivity contribution in [2.75, 3.05) is 19.6 Å². The van der Waals surface area contributed by atoms with Gasteiger partial charge in [0.1, 0.15) is 0 Å². The lowest BCUT2D eigenvalue weighted by molar-refractivity contribution is -0.124. The minimum absolute atomic E-state index is 0.151. The average Bonchev–Trinajstić information content (AvgIpc) is 2.48. The summed E-state index contributed by atoms with van der Waals surface area (Å²) in [6, 6.07) is 0. The van der Waals surface area contributed by atoms with Crippen molar-refractivity contribution >= 4 is 5.78 Å². The third-order valence-corrected chi connectivity index (χ3v) is 3.91. The Labute approximate surface area is 92.2 Å². The molecule has 1 N–H and O–H groups in total. The highest BCUT2D eigenvalue weighted by atomic mass is 16.1. The molecule has 0 aromatic rings. The summed E-state index contributed by atoms with van der Waals surface area (Å²) in [4.78, 5) is 14.3. The Morgan fingerprint density at radius 3 is 2.27 bits per heavy atom. The quantitative estimate of drug-likeness (QED) is 0.651. The number of nitrogens with one attached hydrogen (secondary N) is 1. The summed E-state index contributed by atoms with van der Waals surface area (Å²) >= 11 is 0. The highest BCUT2D eigenvalue weighted by molar-refractivity contribution is 5.90. The predicted octanol–water partition coefficient (Wildman–Crippen LogP) is 1.18. The normalized spacial score (nSPS) is 27.5. The van der Waals surface area contributed by atoms with E-state index in [1.807, 2.05) is 0 Å². The largest absolute Gasteiger partial charge is 0.304 e. The SMILES string of the molecule is CC(C)(C)N1CCC2(CC1)NCCC2=O. The maximum Gasteiger partial charge on any atom is 0.154 e. The fraction of sp³-hybridized carbons (Fsp3) is 0.917. The summed E-state index contributed by atoms with van der Waals surface area (Å²) in [6.07, 6.45) is 2.71. The van der Waals surface area contributed by atoms with Crippen molar-refractivity contribution in [3.63, 3.8) is 0 Å². The molecule has 0 aromatic carbocycles. The summed E-state index contributed by atoms with van der Waals surface area (Å²) < 4.78 is 0. The molecule has 2 heterocycles. The molecule has 2 rings (SSSR count). The molecule has 86 valence electrons. The molecule has 0 aromatic heterocycles. The molecule has 0 saturated carbocycles. The van der Waals surface area contributed by atoms with E-state index < -0.39 is 0 Å². The van der Waals surface area contributed by atoms with E-state index in [0.717, 1.165) is 38.9 Å². The van der Waals surface area contributed by atoms with Crippen molar-refractivity contribution in [1.29, 1.82) is 0 Å². The number of rotatable bonds is 0. The smallest absolute Gasteiger partial charge is 0.154 e. The van der Waals surface area contributed by atoms with E-state index >= 15 is 0 Å². The second-order valence-corrected chi connectivity index (χ2v) is 5.84. The number of hydrogen-bond donors (Lipinski definition) is 1. The zero-order chi connectivity index (χ0) is 11.1. The first-order valence-corrected chi connectivity index (χ1v) is 5.97. The molecule has 2 saturated heterocycles. The fourth-order valence-electron chi connectivity index (χ4n) is 2.77. The Balaban J connectivity index is 2.00. The first kappa shape index (κ1) is 11.1. The van der Waals surface area contributed by atoms with Crippen LogP contribution in [0.15, 0.2) is 0 Å².